The second-order valence-corrected chi connectivity index (χ2v) is 5.05. The largest absolute Gasteiger partial charge is 0.271 e. The van der Waals surface area contributed by atoms with Crippen LogP contribution in [0.2, 0.25) is 0 Å². The van der Waals surface area contributed by atoms with Crippen molar-refractivity contribution in [2.75, 3.05) is 0 Å². The van der Waals surface area contributed by atoms with E-state index in [0.29, 0.717) is 12.0 Å². The van der Waals surface area contributed by atoms with Gasteiger partial charge in [0.15, 0.2) is 11.6 Å². The summed E-state index contributed by atoms with van der Waals surface area (Å²) in [6, 6.07) is 5.96. The Hall–Kier alpha value is -1.30. The van der Waals surface area contributed by atoms with Crippen molar-refractivity contribution in [3.05, 3.63) is 57.3 Å². The number of hydrazine groups is 1. The molecular formula is C13H14F2N2S. The summed E-state index contributed by atoms with van der Waals surface area (Å²) >= 11 is 1.55. The van der Waals surface area contributed by atoms with Crippen molar-refractivity contribution < 1.29 is 8.78 Å². The summed E-state index contributed by atoms with van der Waals surface area (Å²) in [4.78, 5) is 1.04. The Morgan fingerprint density at radius 3 is 2.72 bits per heavy atom. The molecule has 1 atom stereocenters. The lowest BCUT2D eigenvalue weighted by Crippen LogP contribution is -2.29. The molecule has 1 aromatic heterocycles. The van der Waals surface area contributed by atoms with Crippen LogP contribution in [0, 0.1) is 18.6 Å². The second kappa shape index (κ2) is 5.56. The van der Waals surface area contributed by atoms with Gasteiger partial charge in [0, 0.05) is 4.88 Å². The monoisotopic (exact) mass is 268 g/mol. The molecule has 2 aromatic rings. The molecule has 3 N–H and O–H groups in total. The molecule has 1 unspecified atom stereocenters. The molecule has 0 fully saturated rings. The van der Waals surface area contributed by atoms with Crippen LogP contribution in [0.5, 0.6) is 0 Å². The zero-order chi connectivity index (χ0) is 13.1. The van der Waals surface area contributed by atoms with Crippen LogP contribution in [0.15, 0.2) is 29.6 Å². The quantitative estimate of drug-likeness (QED) is 0.660. The lowest BCUT2D eigenvalue weighted by Gasteiger charge is -2.16. The van der Waals surface area contributed by atoms with Crippen molar-refractivity contribution in [1.82, 2.24) is 5.43 Å². The number of nitrogens with one attached hydrogen (secondary N) is 1. The topological polar surface area (TPSA) is 38.0 Å². The van der Waals surface area contributed by atoms with Gasteiger partial charge in [-0.2, -0.15) is 0 Å². The van der Waals surface area contributed by atoms with Crippen LogP contribution in [0.3, 0.4) is 0 Å². The van der Waals surface area contributed by atoms with Gasteiger partial charge in [0.25, 0.3) is 0 Å². The van der Waals surface area contributed by atoms with Crippen LogP contribution in [0.4, 0.5) is 8.78 Å². The first kappa shape index (κ1) is 13.1. The van der Waals surface area contributed by atoms with Gasteiger partial charge in [0.05, 0.1) is 6.04 Å². The molecule has 1 aromatic carbocycles. The van der Waals surface area contributed by atoms with Crippen molar-refractivity contribution in [2.45, 2.75) is 19.4 Å². The zero-order valence-corrected chi connectivity index (χ0v) is 10.7. The van der Waals surface area contributed by atoms with E-state index in [9.17, 15) is 8.78 Å². The van der Waals surface area contributed by atoms with E-state index in [0.717, 1.165) is 16.5 Å². The molecule has 0 radical (unpaired) electrons. The summed E-state index contributed by atoms with van der Waals surface area (Å²) in [5, 5.41) is 1.96. The maximum absolute atomic E-state index is 13.6. The zero-order valence-electron chi connectivity index (χ0n) is 9.91. The van der Waals surface area contributed by atoms with Gasteiger partial charge >= 0.3 is 0 Å². The van der Waals surface area contributed by atoms with E-state index in [2.05, 4.69) is 5.43 Å². The second-order valence-electron chi connectivity index (χ2n) is 4.10. The summed E-state index contributed by atoms with van der Waals surface area (Å²) in [6.07, 6.45) is 0.321. The van der Waals surface area contributed by atoms with E-state index < -0.39 is 11.6 Å². The highest BCUT2D eigenvalue weighted by atomic mass is 32.1. The molecule has 0 saturated heterocycles. The maximum Gasteiger partial charge on any atom is 0.162 e. The average Bonchev–Trinajstić information content (AvgIpc) is 2.77. The van der Waals surface area contributed by atoms with E-state index in [1.54, 1.807) is 17.4 Å². The third kappa shape index (κ3) is 2.58. The Balaban J connectivity index is 2.26. The van der Waals surface area contributed by atoms with Crippen molar-refractivity contribution in [3.8, 4) is 0 Å². The normalized spacial score (nSPS) is 12.7. The minimum Gasteiger partial charge on any atom is -0.271 e. The first-order valence-corrected chi connectivity index (χ1v) is 6.44. The number of aryl methyl sites for hydroxylation is 1. The Kier molecular flexibility index (Phi) is 4.06. The molecule has 2 nitrogen and oxygen atoms in total. The lowest BCUT2D eigenvalue weighted by atomic mass is 10.0. The molecule has 2 rings (SSSR count). The van der Waals surface area contributed by atoms with E-state index in [1.165, 1.54) is 6.07 Å². The summed E-state index contributed by atoms with van der Waals surface area (Å²) in [6.45, 7) is 1.97. The number of nitrogens with two attached hydrogens (primary N) is 1. The molecule has 0 saturated carbocycles. The molecule has 96 valence electrons. The molecule has 0 aliphatic carbocycles. The molecule has 0 amide bonds. The maximum atomic E-state index is 13.6. The minimum atomic E-state index is -0.828. The van der Waals surface area contributed by atoms with E-state index in [-0.39, 0.29) is 6.04 Å². The molecule has 0 aliphatic heterocycles. The van der Waals surface area contributed by atoms with Crippen LogP contribution in [-0.4, -0.2) is 0 Å². The van der Waals surface area contributed by atoms with Crippen LogP contribution >= 0.6 is 11.3 Å². The van der Waals surface area contributed by atoms with Crippen LogP contribution < -0.4 is 11.3 Å². The predicted octanol–water partition coefficient (Wildman–Crippen LogP) is 3.08. The van der Waals surface area contributed by atoms with Crippen molar-refractivity contribution in [3.63, 3.8) is 0 Å². The van der Waals surface area contributed by atoms with Crippen molar-refractivity contribution in [2.24, 2.45) is 5.84 Å². The Morgan fingerprint density at radius 1 is 1.33 bits per heavy atom. The number of hydrogen-bond acceptors (Lipinski definition) is 3. The third-order valence-corrected chi connectivity index (χ3v) is 4.01. The minimum absolute atomic E-state index is 0.207. The lowest BCUT2D eigenvalue weighted by molar-refractivity contribution is 0.482. The average molecular weight is 268 g/mol. The summed E-state index contributed by atoms with van der Waals surface area (Å²) in [7, 11) is 0. The van der Waals surface area contributed by atoms with Gasteiger partial charge in [-0.3, -0.25) is 11.3 Å². The highest BCUT2D eigenvalue weighted by Crippen LogP contribution is 2.27. The molecule has 1 heterocycles. The van der Waals surface area contributed by atoms with E-state index >= 15 is 0 Å². The van der Waals surface area contributed by atoms with E-state index in [4.69, 9.17) is 5.84 Å². The predicted molar refractivity (Wildman–Crippen MR) is 69.2 cm³/mol. The van der Waals surface area contributed by atoms with Gasteiger partial charge in [-0.1, -0.05) is 12.1 Å². The van der Waals surface area contributed by atoms with Crippen molar-refractivity contribution >= 4 is 11.3 Å². The fourth-order valence-corrected chi connectivity index (χ4v) is 2.88. The van der Waals surface area contributed by atoms with Gasteiger partial charge < -0.3 is 0 Å². The molecule has 5 heteroatoms. The SMILES string of the molecule is Cc1ccsc1C(Cc1cccc(F)c1F)NN. The molecule has 0 bridgehead atoms. The van der Waals surface area contributed by atoms with E-state index in [1.807, 2.05) is 18.4 Å². The summed E-state index contributed by atoms with van der Waals surface area (Å²) in [5.74, 6) is 3.88. The number of hydrogen-bond donors (Lipinski definition) is 2. The van der Waals surface area contributed by atoms with Crippen LogP contribution in [0.1, 0.15) is 22.0 Å². The van der Waals surface area contributed by atoms with Gasteiger partial charge in [-0.05, 0) is 42.0 Å². The molecule has 0 aliphatic rings. The third-order valence-electron chi connectivity index (χ3n) is 2.87. The number of rotatable bonds is 4. The molecular weight excluding hydrogens is 254 g/mol. The summed E-state index contributed by atoms with van der Waals surface area (Å²) < 4.78 is 26.7. The number of halogens is 2. The number of benzene rings is 1. The fraction of sp³-hybridized carbons (Fsp3) is 0.231. The van der Waals surface area contributed by atoms with Crippen LogP contribution in [-0.2, 0) is 6.42 Å². The Labute approximate surface area is 108 Å². The van der Waals surface area contributed by atoms with Crippen LogP contribution in [0.25, 0.3) is 0 Å². The highest BCUT2D eigenvalue weighted by molar-refractivity contribution is 7.10. The highest BCUT2D eigenvalue weighted by Gasteiger charge is 2.17. The van der Waals surface area contributed by atoms with Crippen molar-refractivity contribution in [1.29, 1.82) is 0 Å². The Morgan fingerprint density at radius 2 is 2.11 bits per heavy atom. The Bertz CT molecular complexity index is 540. The standard InChI is InChI=1S/C13H14F2N2S/c1-8-5-6-18-13(8)11(17-16)7-9-3-2-4-10(14)12(9)15/h2-6,11,17H,7,16H2,1H3. The van der Waals surface area contributed by atoms with Gasteiger partial charge in [0.2, 0.25) is 0 Å². The van der Waals surface area contributed by atoms with Gasteiger partial charge in [-0.15, -0.1) is 11.3 Å². The first-order chi connectivity index (χ1) is 8.63. The molecule has 0 spiro atoms. The molecule has 18 heavy (non-hydrogen) atoms. The van der Waals surface area contributed by atoms with Gasteiger partial charge in [0.1, 0.15) is 0 Å². The number of thiophene rings is 1. The smallest absolute Gasteiger partial charge is 0.162 e. The summed E-state index contributed by atoms with van der Waals surface area (Å²) in [5.41, 5.74) is 4.08. The van der Waals surface area contributed by atoms with Gasteiger partial charge in [-0.25, -0.2) is 8.78 Å². The first-order valence-electron chi connectivity index (χ1n) is 5.56. The fourth-order valence-electron chi connectivity index (χ4n) is 1.89.